The van der Waals surface area contributed by atoms with E-state index in [1.54, 1.807) is 0 Å². The maximum Gasteiger partial charge on any atom is 0.471 e. The van der Waals surface area contributed by atoms with Crippen LogP contribution in [0.4, 0.5) is 26.3 Å². The molecule has 0 aliphatic rings. The number of carbonyl (C=O) groups excluding carboxylic acids is 1. The Kier molecular flexibility index (Phi) is 6.10. The summed E-state index contributed by atoms with van der Waals surface area (Å²) < 4.78 is 72.6. The summed E-state index contributed by atoms with van der Waals surface area (Å²) in [6.45, 7) is 0. The average Bonchev–Trinajstić information content (AvgIpc) is 2.18. The van der Waals surface area contributed by atoms with Crippen molar-refractivity contribution in [3.05, 3.63) is 0 Å². The first-order valence-corrected chi connectivity index (χ1v) is 5.10. The monoisotopic (exact) mass is 295 g/mol. The van der Waals surface area contributed by atoms with E-state index in [0.29, 0.717) is 0 Å². The summed E-state index contributed by atoms with van der Waals surface area (Å²) in [6, 6.07) is -2.64. The third-order valence-corrected chi connectivity index (χ3v) is 2.09. The number of carboxylic acid groups (broad SMARTS) is 1. The molecule has 0 radical (unpaired) electrons. The van der Waals surface area contributed by atoms with Crippen LogP contribution in [0.15, 0.2) is 0 Å². The van der Waals surface area contributed by atoms with Crippen molar-refractivity contribution in [2.45, 2.75) is 44.1 Å². The largest absolute Gasteiger partial charge is 0.481 e. The lowest BCUT2D eigenvalue weighted by Crippen LogP contribution is -2.49. The topological polar surface area (TPSA) is 66.4 Å². The Hall–Kier alpha value is -1.48. The van der Waals surface area contributed by atoms with Gasteiger partial charge < -0.3 is 10.4 Å². The van der Waals surface area contributed by atoms with Crippen molar-refractivity contribution < 1.29 is 41.0 Å². The Morgan fingerprint density at radius 2 is 1.58 bits per heavy atom. The summed E-state index contributed by atoms with van der Waals surface area (Å²) in [7, 11) is 0. The minimum Gasteiger partial charge on any atom is -0.481 e. The SMILES string of the molecule is O=C(O)CCCCC(NC(=O)C(F)(F)F)C(F)(F)F. The molecule has 0 aromatic heterocycles. The molecule has 19 heavy (non-hydrogen) atoms. The van der Waals surface area contributed by atoms with Crippen LogP contribution in [0.25, 0.3) is 0 Å². The fraction of sp³-hybridized carbons (Fsp3) is 0.778. The normalized spacial score (nSPS) is 14.0. The Labute approximate surface area is 103 Å². The predicted molar refractivity (Wildman–Crippen MR) is 50.1 cm³/mol. The van der Waals surface area contributed by atoms with Crippen molar-refractivity contribution in [2.24, 2.45) is 0 Å². The van der Waals surface area contributed by atoms with Crippen molar-refractivity contribution in [1.29, 1.82) is 0 Å². The van der Waals surface area contributed by atoms with E-state index in [1.807, 2.05) is 0 Å². The maximum atomic E-state index is 12.4. The zero-order valence-corrected chi connectivity index (χ0v) is 9.44. The number of hydrogen-bond donors (Lipinski definition) is 2. The van der Waals surface area contributed by atoms with Gasteiger partial charge in [0.05, 0.1) is 0 Å². The fourth-order valence-corrected chi connectivity index (χ4v) is 1.18. The molecule has 0 bridgehead atoms. The molecule has 1 amide bonds. The van der Waals surface area contributed by atoms with Gasteiger partial charge in [0.15, 0.2) is 0 Å². The van der Waals surface area contributed by atoms with E-state index < -0.39 is 43.1 Å². The summed E-state index contributed by atoms with van der Waals surface area (Å²) in [4.78, 5) is 20.5. The molecule has 1 atom stereocenters. The third-order valence-electron chi connectivity index (χ3n) is 2.09. The second-order valence-electron chi connectivity index (χ2n) is 3.70. The first kappa shape index (κ1) is 17.5. The van der Waals surface area contributed by atoms with E-state index >= 15 is 0 Å². The number of alkyl halides is 6. The summed E-state index contributed by atoms with van der Waals surface area (Å²) in [5.41, 5.74) is 0. The molecule has 1 unspecified atom stereocenters. The van der Waals surface area contributed by atoms with Gasteiger partial charge in [-0.3, -0.25) is 9.59 Å². The molecule has 2 N–H and O–H groups in total. The maximum absolute atomic E-state index is 12.4. The number of halogens is 6. The van der Waals surface area contributed by atoms with Crippen LogP contribution in [0.1, 0.15) is 25.7 Å². The van der Waals surface area contributed by atoms with Gasteiger partial charge in [0, 0.05) is 6.42 Å². The van der Waals surface area contributed by atoms with Gasteiger partial charge in [-0.15, -0.1) is 0 Å². The van der Waals surface area contributed by atoms with Gasteiger partial charge in [-0.2, -0.15) is 26.3 Å². The minimum absolute atomic E-state index is 0.121. The highest BCUT2D eigenvalue weighted by Gasteiger charge is 2.46. The van der Waals surface area contributed by atoms with E-state index in [9.17, 15) is 35.9 Å². The number of amides is 1. The summed E-state index contributed by atoms with van der Waals surface area (Å²) in [5.74, 6) is -3.89. The van der Waals surface area contributed by atoms with E-state index in [-0.39, 0.29) is 12.8 Å². The molecule has 4 nitrogen and oxygen atoms in total. The lowest BCUT2D eigenvalue weighted by atomic mass is 10.1. The Morgan fingerprint density at radius 1 is 1.05 bits per heavy atom. The highest BCUT2D eigenvalue weighted by molar-refractivity contribution is 5.82. The van der Waals surface area contributed by atoms with Crippen LogP contribution in [-0.4, -0.2) is 35.4 Å². The lowest BCUT2D eigenvalue weighted by molar-refractivity contribution is -0.187. The van der Waals surface area contributed by atoms with Crippen LogP contribution in [-0.2, 0) is 9.59 Å². The Bertz CT molecular complexity index is 325. The molecule has 0 rings (SSSR count). The smallest absolute Gasteiger partial charge is 0.471 e. The van der Waals surface area contributed by atoms with E-state index in [2.05, 4.69) is 0 Å². The van der Waals surface area contributed by atoms with Crippen molar-refractivity contribution in [3.8, 4) is 0 Å². The number of carbonyl (C=O) groups is 2. The van der Waals surface area contributed by atoms with Crippen molar-refractivity contribution in [3.63, 3.8) is 0 Å². The number of unbranched alkanes of at least 4 members (excludes halogenated alkanes) is 1. The molecule has 0 heterocycles. The summed E-state index contributed by atoms with van der Waals surface area (Å²) >= 11 is 0. The van der Waals surface area contributed by atoms with E-state index in [0.717, 1.165) is 5.32 Å². The van der Waals surface area contributed by atoms with Crippen LogP contribution >= 0.6 is 0 Å². The molecule has 0 aliphatic carbocycles. The van der Waals surface area contributed by atoms with Gasteiger partial charge in [-0.1, -0.05) is 6.42 Å². The Morgan fingerprint density at radius 3 is 1.95 bits per heavy atom. The second-order valence-corrected chi connectivity index (χ2v) is 3.70. The van der Waals surface area contributed by atoms with Gasteiger partial charge in [0.25, 0.3) is 0 Å². The second kappa shape index (κ2) is 6.62. The van der Waals surface area contributed by atoms with Gasteiger partial charge >= 0.3 is 24.2 Å². The van der Waals surface area contributed by atoms with Crippen LogP contribution in [0.5, 0.6) is 0 Å². The molecular weight excluding hydrogens is 284 g/mol. The standard InChI is InChI=1S/C9H11F6NO3/c10-8(11,12)5(3-1-2-4-6(17)18)16-7(19)9(13,14)15/h5H,1-4H2,(H,16,19)(H,17,18). The highest BCUT2D eigenvalue weighted by Crippen LogP contribution is 2.26. The first-order chi connectivity index (χ1) is 8.44. The number of rotatable bonds is 6. The molecule has 0 aromatic rings. The molecular formula is C9H11F6NO3. The molecule has 0 fully saturated rings. The van der Waals surface area contributed by atoms with E-state index in [1.165, 1.54) is 0 Å². The zero-order chi connectivity index (χ0) is 15.3. The number of carboxylic acids is 1. The van der Waals surface area contributed by atoms with Crippen LogP contribution in [0.3, 0.4) is 0 Å². The highest BCUT2D eigenvalue weighted by atomic mass is 19.4. The molecule has 112 valence electrons. The number of nitrogens with one attached hydrogen (secondary N) is 1. The lowest BCUT2D eigenvalue weighted by Gasteiger charge is -2.22. The quantitative estimate of drug-likeness (QED) is 0.583. The predicted octanol–water partition coefficient (Wildman–Crippen LogP) is 2.24. The molecule has 0 aliphatic heterocycles. The minimum atomic E-state index is -5.40. The number of aliphatic carboxylic acids is 1. The van der Waals surface area contributed by atoms with Crippen molar-refractivity contribution in [2.75, 3.05) is 0 Å². The van der Waals surface area contributed by atoms with Crippen LogP contribution in [0.2, 0.25) is 0 Å². The van der Waals surface area contributed by atoms with Gasteiger partial charge in [0.2, 0.25) is 0 Å². The van der Waals surface area contributed by atoms with Crippen molar-refractivity contribution >= 4 is 11.9 Å². The number of hydrogen-bond acceptors (Lipinski definition) is 2. The summed E-state index contributed by atoms with van der Waals surface area (Å²) in [6.07, 6.45) is -12.0. The molecule has 0 saturated carbocycles. The molecule has 10 heteroatoms. The zero-order valence-electron chi connectivity index (χ0n) is 9.44. The van der Waals surface area contributed by atoms with Gasteiger partial charge in [-0.05, 0) is 12.8 Å². The fourth-order valence-electron chi connectivity index (χ4n) is 1.18. The third kappa shape index (κ3) is 7.52. The van der Waals surface area contributed by atoms with E-state index in [4.69, 9.17) is 5.11 Å². The van der Waals surface area contributed by atoms with Crippen molar-refractivity contribution in [1.82, 2.24) is 5.32 Å². The Balaban J connectivity index is 4.42. The molecule has 0 spiro atoms. The van der Waals surface area contributed by atoms with Crippen LogP contribution < -0.4 is 5.32 Å². The average molecular weight is 295 g/mol. The first-order valence-electron chi connectivity index (χ1n) is 5.10. The van der Waals surface area contributed by atoms with Crippen LogP contribution in [0, 0.1) is 0 Å². The summed E-state index contributed by atoms with van der Waals surface area (Å²) in [5, 5.41) is 9.10. The van der Waals surface area contributed by atoms with Gasteiger partial charge in [-0.25, -0.2) is 0 Å². The molecule has 0 aromatic carbocycles. The van der Waals surface area contributed by atoms with Gasteiger partial charge in [0.1, 0.15) is 6.04 Å². The molecule has 0 saturated heterocycles.